The van der Waals surface area contributed by atoms with E-state index in [1.807, 2.05) is 30.7 Å². The highest BCUT2D eigenvalue weighted by molar-refractivity contribution is 6.05. The summed E-state index contributed by atoms with van der Waals surface area (Å²) in [5, 5.41) is 2.88. The van der Waals surface area contributed by atoms with Gasteiger partial charge in [0.1, 0.15) is 16.8 Å². The molecular formula is C31H32N4O6. The van der Waals surface area contributed by atoms with Gasteiger partial charge in [0.25, 0.3) is 11.8 Å². The van der Waals surface area contributed by atoms with Gasteiger partial charge in [0, 0.05) is 42.3 Å². The van der Waals surface area contributed by atoms with Crippen molar-refractivity contribution in [3.8, 4) is 23.1 Å². The molecule has 4 aromatic rings. The number of carbonyl (C=O) groups excluding carboxylic acids is 1. The molecule has 0 aliphatic carbocycles. The molecule has 0 fully saturated rings. The summed E-state index contributed by atoms with van der Waals surface area (Å²) in [5.41, 5.74) is 3.51. The number of nitrogens with zero attached hydrogens (tertiary/aromatic N) is 3. The standard InChI is InChI=1S/C31H32N4O6/c1-5-7-19(6-2)22-17-35-14-15-40-18-24(35)27(29(22)36)30(37)33-20-8-10-21(11-9-20)41-25-12-13-32-23-16-26(38-3)31(39-4)34-28(23)25/h7-13,16-17H,5-6,14-15,18H2,1-4H3,(H,33,37)/b19-7+. The molecule has 0 radical (unpaired) electrons. The second-order valence-electron chi connectivity index (χ2n) is 9.39. The number of methoxy groups -OCH3 is 2. The van der Waals surface area contributed by atoms with Gasteiger partial charge >= 0.3 is 0 Å². The van der Waals surface area contributed by atoms with Crippen molar-refractivity contribution in [2.24, 2.45) is 0 Å². The van der Waals surface area contributed by atoms with Crippen molar-refractivity contribution >= 4 is 28.2 Å². The van der Waals surface area contributed by atoms with Crippen molar-refractivity contribution in [1.29, 1.82) is 0 Å². The van der Waals surface area contributed by atoms with Crippen LogP contribution in [-0.2, 0) is 17.9 Å². The fraction of sp³-hybridized carbons (Fsp3) is 0.290. The van der Waals surface area contributed by atoms with Crippen LogP contribution < -0.4 is 25.0 Å². The summed E-state index contributed by atoms with van der Waals surface area (Å²) in [6, 6.07) is 10.3. The van der Waals surface area contributed by atoms with Crippen LogP contribution >= 0.6 is 0 Å². The van der Waals surface area contributed by atoms with Crippen LogP contribution in [0, 0.1) is 0 Å². The molecule has 1 aliphatic heterocycles. The second kappa shape index (κ2) is 12.2. The summed E-state index contributed by atoms with van der Waals surface area (Å²) < 4.78 is 24.3. The second-order valence-corrected chi connectivity index (χ2v) is 9.39. The number of hydrogen-bond donors (Lipinski definition) is 1. The van der Waals surface area contributed by atoms with Gasteiger partial charge in [0.2, 0.25) is 5.43 Å². The lowest BCUT2D eigenvalue weighted by molar-refractivity contribution is 0.0807. The molecule has 10 nitrogen and oxygen atoms in total. The molecule has 10 heteroatoms. The summed E-state index contributed by atoms with van der Waals surface area (Å²) in [4.78, 5) is 35.9. The van der Waals surface area contributed by atoms with E-state index in [2.05, 4.69) is 15.3 Å². The van der Waals surface area contributed by atoms with Crippen LogP contribution in [0.2, 0.25) is 0 Å². The molecule has 212 valence electrons. The van der Waals surface area contributed by atoms with Gasteiger partial charge in [-0.15, -0.1) is 0 Å². The topological polar surface area (TPSA) is 114 Å². The Bertz CT molecular complexity index is 1680. The van der Waals surface area contributed by atoms with Gasteiger partial charge in [0.05, 0.1) is 38.6 Å². The number of hydrogen-bond acceptors (Lipinski definition) is 8. The van der Waals surface area contributed by atoms with Crippen LogP contribution in [0.4, 0.5) is 5.69 Å². The third kappa shape index (κ3) is 5.64. The number of aromatic nitrogens is 3. The number of carbonyl (C=O) groups is 1. The van der Waals surface area contributed by atoms with Crippen LogP contribution in [0.3, 0.4) is 0 Å². The number of anilines is 1. The van der Waals surface area contributed by atoms with E-state index in [-0.39, 0.29) is 17.6 Å². The summed E-state index contributed by atoms with van der Waals surface area (Å²) in [7, 11) is 3.05. The van der Waals surface area contributed by atoms with Crippen molar-refractivity contribution in [3.63, 3.8) is 0 Å². The van der Waals surface area contributed by atoms with E-state index < -0.39 is 5.91 Å². The Kier molecular flexibility index (Phi) is 8.30. The van der Waals surface area contributed by atoms with Crippen LogP contribution in [0.25, 0.3) is 16.6 Å². The molecule has 1 aromatic carbocycles. The van der Waals surface area contributed by atoms with Crippen molar-refractivity contribution in [2.45, 2.75) is 39.8 Å². The highest BCUT2D eigenvalue weighted by Gasteiger charge is 2.25. The lowest BCUT2D eigenvalue weighted by Crippen LogP contribution is -2.32. The smallest absolute Gasteiger partial charge is 0.261 e. The maximum absolute atomic E-state index is 13.6. The number of benzene rings is 1. The summed E-state index contributed by atoms with van der Waals surface area (Å²) in [6.07, 6.45) is 7.02. The Balaban J connectivity index is 1.41. The molecule has 3 aromatic heterocycles. The third-order valence-electron chi connectivity index (χ3n) is 6.87. The fourth-order valence-electron chi connectivity index (χ4n) is 4.86. The van der Waals surface area contributed by atoms with Crippen molar-refractivity contribution in [1.82, 2.24) is 14.5 Å². The Morgan fingerprint density at radius 2 is 1.93 bits per heavy atom. The molecule has 1 aliphatic rings. The molecular weight excluding hydrogens is 524 g/mol. The van der Waals surface area contributed by atoms with Crippen molar-refractivity contribution < 1.29 is 23.7 Å². The number of rotatable bonds is 9. The van der Waals surface area contributed by atoms with Crippen LogP contribution in [0.5, 0.6) is 23.1 Å². The van der Waals surface area contributed by atoms with E-state index in [1.54, 1.807) is 42.6 Å². The van der Waals surface area contributed by atoms with E-state index in [1.165, 1.54) is 14.2 Å². The highest BCUT2D eigenvalue weighted by Crippen LogP contribution is 2.34. The normalized spacial score (nSPS) is 13.0. The average Bonchev–Trinajstić information content (AvgIpc) is 3.00. The zero-order chi connectivity index (χ0) is 28.9. The summed E-state index contributed by atoms with van der Waals surface area (Å²) >= 11 is 0. The fourth-order valence-corrected chi connectivity index (χ4v) is 4.86. The molecule has 4 heterocycles. The molecule has 5 rings (SSSR count). The minimum absolute atomic E-state index is 0.108. The SMILES string of the molecule is CC/C=C(\CC)c1cn2c(c(C(=O)Nc3ccc(Oc4ccnc5cc(OC)c(OC)nc45)cc3)c1=O)COCC2. The Labute approximate surface area is 237 Å². The zero-order valence-corrected chi connectivity index (χ0v) is 23.5. The lowest BCUT2D eigenvalue weighted by atomic mass is 9.99. The molecule has 1 N–H and O–H groups in total. The molecule has 0 saturated carbocycles. The number of fused-ring (bicyclic) bond motifs is 2. The molecule has 1 amide bonds. The largest absolute Gasteiger partial charge is 0.491 e. The first-order valence-electron chi connectivity index (χ1n) is 13.5. The van der Waals surface area contributed by atoms with Crippen molar-refractivity contribution in [3.05, 3.63) is 81.9 Å². The van der Waals surface area contributed by atoms with Gasteiger partial charge < -0.3 is 28.8 Å². The van der Waals surface area contributed by atoms with Gasteiger partial charge in [-0.25, -0.2) is 4.98 Å². The predicted octanol–water partition coefficient (Wildman–Crippen LogP) is 5.59. The van der Waals surface area contributed by atoms with E-state index in [9.17, 15) is 9.59 Å². The zero-order valence-electron chi connectivity index (χ0n) is 23.5. The minimum Gasteiger partial charge on any atom is -0.491 e. The third-order valence-corrected chi connectivity index (χ3v) is 6.87. The van der Waals surface area contributed by atoms with Gasteiger partial charge in [-0.05, 0) is 42.7 Å². The maximum atomic E-state index is 13.6. The molecule has 0 atom stereocenters. The molecule has 0 unspecified atom stereocenters. The number of pyridine rings is 3. The summed E-state index contributed by atoms with van der Waals surface area (Å²) in [6.45, 7) is 5.35. The predicted molar refractivity (Wildman–Crippen MR) is 156 cm³/mol. The summed E-state index contributed by atoms with van der Waals surface area (Å²) in [5.74, 6) is 1.32. The van der Waals surface area contributed by atoms with Gasteiger partial charge in [-0.1, -0.05) is 19.9 Å². The minimum atomic E-state index is -0.475. The van der Waals surface area contributed by atoms with E-state index in [0.29, 0.717) is 70.7 Å². The number of ether oxygens (including phenoxy) is 4. The molecule has 0 bridgehead atoms. The lowest BCUT2D eigenvalue weighted by Gasteiger charge is -2.23. The first-order chi connectivity index (χ1) is 20.0. The quantitative estimate of drug-likeness (QED) is 0.284. The number of allylic oxidation sites excluding steroid dienone is 2. The average molecular weight is 557 g/mol. The maximum Gasteiger partial charge on any atom is 0.261 e. The van der Waals surface area contributed by atoms with Crippen LogP contribution in [0.15, 0.2) is 59.7 Å². The highest BCUT2D eigenvalue weighted by atomic mass is 16.5. The van der Waals surface area contributed by atoms with E-state index in [4.69, 9.17) is 18.9 Å². The van der Waals surface area contributed by atoms with E-state index >= 15 is 0 Å². The monoisotopic (exact) mass is 556 g/mol. The first kappa shape index (κ1) is 27.9. The number of amides is 1. The van der Waals surface area contributed by atoms with Crippen LogP contribution in [0.1, 0.15) is 48.3 Å². The Morgan fingerprint density at radius 3 is 2.63 bits per heavy atom. The molecule has 0 saturated heterocycles. The molecule has 0 spiro atoms. The van der Waals surface area contributed by atoms with E-state index in [0.717, 1.165) is 12.0 Å². The first-order valence-corrected chi connectivity index (χ1v) is 13.5. The number of nitrogens with one attached hydrogen (secondary N) is 1. The van der Waals surface area contributed by atoms with Crippen molar-refractivity contribution in [2.75, 3.05) is 26.1 Å². The van der Waals surface area contributed by atoms with Gasteiger partial charge in [-0.2, -0.15) is 0 Å². The Morgan fingerprint density at radius 1 is 1.12 bits per heavy atom. The Hall–Kier alpha value is -4.70. The van der Waals surface area contributed by atoms with Gasteiger partial charge in [-0.3, -0.25) is 14.6 Å². The van der Waals surface area contributed by atoms with Crippen LogP contribution in [-0.4, -0.2) is 41.3 Å². The van der Waals surface area contributed by atoms with Gasteiger partial charge in [0.15, 0.2) is 11.5 Å². The molecule has 41 heavy (non-hydrogen) atoms.